The molecule has 1 saturated heterocycles. The monoisotopic (exact) mass is 216 g/mol. The first kappa shape index (κ1) is 10.1. The van der Waals surface area contributed by atoms with Crippen molar-refractivity contribution in [3.05, 3.63) is 24.0 Å². The fourth-order valence-corrected chi connectivity index (χ4v) is 3.44. The zero-order valence-electron chi connectivity index (χ0n) is 10.0. The first-order valence-corrected chi connectivity index (χ1v) is 6.54. The van der Waals surface area contributed by atoms with E-state index in [9.17, 15) is 0 Å². The van der Waals surface area contributed by atoms with Crippen molar-refractivity contribution in [1.82, 2.24) is 4.98 Å². The molecule has 1 aliphatic carbocycles. The van der Waals surface area contributed by atoms with Crippen LogP contribution in [0.3, 0.4) is 0 Å². The van der Waals surface area contributed by atoms with Gasteiger partial charge in [-0.2, -0.15) is 0 Å². The molecule has 2 nitrogen and oxygen atoms in total. The summed E-state index contributed by atoms with van der Waals surface area (Å²) in [5.41, 5.74) is 2.53. The molecule has 2 fully saturated rings. The maximum Gasteiger partial charge on any atom is 0.0402 e. The summed E-state index contributed by atoms with van der Waals surface area (Å²) in [5, 5.41) is 0. The second kappa shape index (κ2) is 4.08. The largest absolute Gasteiger partial charge is 0.368 e. The second-order valence-corrected chi connectivity index (χ2v) is 5.25. The number of aryl methyl sites for hydroxylation is 1. The fraction of sp³-hybridized carbons (Fsp3) is 0.643. The molecule has 1 aromatic heterocycles. The molecule has 2 aliphatic rings. The van der Waals surface area contributed by atoms with Gasteiger partial charge in [-0.15, -0.1) is 0 Å². The lowest BCUT2D eigenvalue weighted by molar-refractivity contribution is 0.342. The van der Waals surface area contributed by atoms with Gasteiger partial charge in [0.05, 0.1) is 0 Å². The third-order valence-electron chi connectivity index (χ3n) is 4.22. The quantitative estimate of drug-likeness (QED) is 0.717. The van der Waals surface area contributed by atoms with Crippen molar-refractivity contribution in [1.29, 1.82) is 0 Å². The van der Waals surface area contributed by atoms with Crippen molar-refractivity contribution < 1.29 is 0 Å². The predicted octanol–water partition coefficient (Wildman–Crippen LogP) is 3.16. The topological polar surface area (TPSA) is 16.1 Å². The summed E-state index contributed by atoms with van der Waals surface area (Å²) in [6.45, 7) is 3.33. The van der Waals surface area contributed by atoms with Crippen LogP contribution in [0.4, 0.5) is 5.69 Å². The summed E-state index contributed by atoms with van der Waals surface area (Å²) < 4.78 is 0. The smallest absolute Gasteiger partial charge is 0.0402 e. The molecule has 0 aromatic carbocycles. The lowest BCUT2D eigenvalue weighted by Crippen LogP contribution is -2.34. The first-order valence-electron chi connectivity index (χ1n) is 6.54. The van der Waals surface area contributed by atoms with Gasteiger partial charge in [-0.25, -0.2) is 0 Å². The van der Waals surface area contributed by atoms with E-state index in [1.165, 1.54) is 44.3 Å². The van der Waals surface area contributed by atoms with Gasteiger partial charge in [-0.1, -0.05) is 12.8 Å². The summed E-state index contributed by atoms with van der Waals surface area (Å²) in [5.74, 6) is 0.960. The molecule has 1 aromatic rings. The van der Waals surface area contributed by atoms with E-state index in [1.807, 2.05) is 6.20 Å². The number of hydrogen-bond donors (Lipinski definition) is 0. The summed E-state index contributed by atoms with van der Waals surface area (Å²) in [6.07, 6.45) is 9.05. The number of fused-ring (bicyclic) bond motifs is 1. The van der Waals surface area contributed by atoms with Gasteiger partial charge in [-0.05, 0) is 44.2 Å². The number of anilines is 1. The van der Waals surface area contributed by atoms with Crippen LogP contribution in [0.25, 0.3) is 0 Å². The zero-order chi connectivity index (χ0) is 11.0. The molecule has 2 unspecified atom stereocenters. The third kappa shape index (κ3) is 1.70. The summed E-state index contributed by atoms with van der Waals surface area (Å²) in [4.78, 5) is 6.91. The molecule has 16 heavy (non-hydrogen) atoms. The van der Waals surface area contributed by atoms with Crippen LogP contribution in [-0.4, -0.2) is 17.6 Å². The van der Waals surface area contributed by atoms with Crippen LogP contribution in [0.1, 0.15) is 37.8 Å². The molecule has 0 spiro atoms. The lowest BCUT2D eigenvalue weighted by atomic mass is 9.85. The molecule has 86 valence electrons. The van der Waals surface area contributed by atoms with Crippen molar-refractivity contribution in [2.24, 2.45) is 5.92 Å². The van der Waals surface area contributed by atoms with Gasteiger partial charge >= 0.3 is 0 Å². The van der Waals surface area contributed by atoms with E-state index in [-0.39, 0.29) is 0 Å². The van der Waals surface area contributed by atoms with Crippen molar-refractivity contribution in [2.75, 3.05) is 11.4 Å². The van der Waals surface area contributed by atoms with Crippen LogP contribution in [0, 0.1) is 12.8 Å². The van der Waals surface area contributed by atoms with Gasteiger partial charge < -0.3 is 4.90 Å². The Hall–Kier alpha value is -1.05. The molecular weight excluding hydrogens is 196 g/mol. The molecule has 1 saturated carbocycles. The molecule has 3 rings (SSSR count). The average Bonchev–Trinajstić information content (AvgIpc) is 2.72. The number of rotatable bonds is 1. The Bertz CT molecular complexity index is 375. The van der Waals surface area contributed by atoms with Gasteiger partial charge in [0.2, 0.25) is 0 Å². The molecule has 0 amide bonds. The van der Waals surface area contributed by atoms with E-state index in [4.69, 9.17) is 0 Å². The van der Waals surface area contributed by atoms with Crippen molar-refractivity contribution in [2.45, 2.75) is 45.1 Å². The Morgan fingerprint density at radius 1 is 1.25 bits per heavy atom. The highest BCUT2D eigenvalue weighted by molar-refractivity contribution is 5.48. The summed E-state index contributed by atoms with van der Waals surface area (Å²) in [6, 6.07) is 5.22. The van der Waals surface area contributed by atoms with Crippen molar-refractivity contribution in [3.8, 4) is 0 Å². The maximum atomic E-state index is 4.29. The molecule has 0 radical (unpaired) electrons. The number of pyridine rings is 1. The Balaban J connectivity index is 1.85. The minimum absolute atomic E-state index is 0.815. The van der Waals surface area contributed by atoms with Crippen LogP contribution in [0.2, 0.25) is 0 Å². The lowest BCUT2D eigenvalue weighted by Gasteiger charge is -2.33. The van der Waals surface area contributed by atoms with Crippen LogP contribution in [0.15, 0.2) is 18.3 Å². The van der Waals surface area contributed by atoms with E-state index in [1.54, 1.807) is 0 Å². The highest BCUT2D eigenvalue weighted by Gasteiger charge is 2.35. The Morgan fingerprint density at radius 2 is 2.12 bits per heavy atom. The Morgan fingerprint density at radius 3 is 3.00 bits per heavy atom. The third-order valence-corrected chi connectivity index (χ3v) is 4.22. The van der Waals surface area contributed by atoms with Gasteiger partial charge in [-0.3, -0.25) is 4.98 Å². The van der Waals surface area contributed by atoms with E-state index >= 15 is 0 Å². The minimum Gasteiger partial charge on any atom is -0.368 e. The first-order chi connectivity index (χ1) is 7.84. The summed E-state index contributed by atoms with van der Waals surface area (Å²) >= 11 is 0. The van der Waals surface area contributed by atoms with Crippen molar-refractivity contribution >= 4 is 5.69 Å². The van der Waals surface area contributed by atoms with Crippen molar-refractivity contribution in [3.63, 3.8) is 0 Å². The van der Waals surface area contributed by atoms with E-state index in [0.29, 0.717) is 0 Å². The van der Waals surface area contributed by atoms with E-state index in [0.717, 1.165) is 17.7 Å². The van der Waals surface area contributed by atoms with Gasteiger partial charge in [0, 0.05) is 30.2 Å². The number of aromatic nitrogens is 1. The normalized spacial score (nSPS) is 29.2. The van der Waals surface area contributed by atoms with E-state index < -0.39 is 0 Å². The number of hydrogen-bond acceptors (Lipinski definition) is 2. The maximum absolute atomic E-state index is 4.29. The Kier molecular flexibility index (Phi) is 2.58. The van der Waals surface area contributed by atoms with Gasteiger partial charge in [0.15, 0.2) is 0 Å². The van der Waals surface area contributed by atoms with Crippen LogP contribution in [0.5, 0.6) is 0 Å². The molecular formula is C14H20N2. The Labute approximate surface area is 97.7 Å². The molecule has 2 atom stereocenters. The van der Waals surface area contributed by atoms with Crippen LogP contribution in [-0.2, 0) is 0 Å². The summed E-state index contributed by atoms with van der Waals surface area (Å²) in [7, 11) is 0. The van der Waals surface area contributed by atoms with Gasteiger partial charge in [0.25, 0.3) is 0 Å². The standard InChI is InChI=1S/C14H20N2/c1-11-10-13(6-8-15-11)16-9-7-12-4-2-3-5-14(12)16/h6,8,10,12,14H,2-5,7,9H2,1H3. The predicted molar refractivity (Wildman–Crippen MR) is 66.7 cm³/mol. The highest BCUT2D eigenvalue weighted by atomic mass is 15.2. The zero-order valence-corrected chi connectivity index (χ0v) is 10.0. The molecule has 2 heterocycles. The second-order valence-electron chi connectivity index (χ2n) is 5.25. The van der Waals surface area contributed by atoms with E-state index in [2.05, 4.69) is 28.9 Å². The average molecular weight is 216 g/mol. The SMILES string of the molecule is Cc1cc(N2CCC3CCCCC32)ccn1. The molecule has 0 N–H and O–H groups in total. The molecule has 1 aliphatic heterocycles. The molecule has 2 heteroatoms. The van der Waals surface area contributed by atoms with Crippen LogP contribution >= 0.6 is 0 Å². The van der Waals surface area contributed by atoms with Gasteiger partial charge in [0.1, 0.15) is 0 Å². The minimum atomic E-state index is 0.815. The highest BCUT2D eigenvalue weighted by Crippen LogP contribution is 2.38. The fourth-order valence-electron chi connectivity index (χ4n) is 3.44. The number of nitrogens with zero attached hydrogens (tertiary/aromatic N) is 2. The molecule has 0 bridgehead atoms. The van der Waals surface area contributed by atoms with Crippen LogP contribution < -0.4 is 4.90 Å².